The van der Waals surface area contributed by atoms with Gasteiger partial charge in [0.1, 0.15) is 18.4 Å². The minimum Gasteiger partial charge on any atom is -0.463 e. The average Bonchev–Trinajstić information content (AvgIpc) is 3.24. The van der Waals surface area contributed by atoms with Crippen LogP contribution >= 0.6 is 0 Å². The summed E-state index contributed by atoms with van der Waals surface area (Å²) in [6.07, 6.45) is -4.44. The highest BCUT2D eigenvalue weighted by atomic mass is 16.7. The second-order valence-electron chi connectivity index (χ2n) is 8.04. The predicted octanol–water partition coefficient (Wildman–Crippen LogP) is 1.51. The third-order valence-corrected chi connectivity index (χ3v) is 5.08. The molecule has 0 N–H and O–H groups in total. The lowest BCUT2D eigenvalue weighted by Crippen LogP contribution is -2.60. The van der Waals surface area contributed by atoms with E-state index in [-0.39, 0.29) is 6.61 Å². The molecule has 2 aromatic rings. The molecule has 5 unspecified atom stereocenters. The third kappa shape index (κ3) is 6.63. The second-order valence-corrected chi connectivity index (χ2v) is 8.04. The van der Waals surface area contributed by atoms with Gasteiger partial charge in [-0.15, -0.1) is 5.10 Å². The van der Waals surface area contributed by atoms with Gasteiger partial charge in [0.05, 0.1) is 6.20 Å². The number of benzene rings is 1. The van der Waals surface area contributed by atoms with Crippen LogP contribution in [0.5, 0.6) is 0 Å². The van der Waals surface area contributed by atoms with E-state index < -0.39 is 54.5 Å². The van der Waals surface area contributed by atoms with Crippen molar-refractivity contribution >= 4 is 23.9 Å². The molecule has 5 atom stereocenters. The summed E-state index contributed by atoms with van der Waals surface area (Å²) >= 11 is 0. The molecule has 1 aromatic carbocycles. The Morgan fingerprint density at radius 3 is 2.00 bits per heavy atom. The van der Waals surface area contributed by atoms with Crippen molar-refractivity contribution in [2.75, 3.05) is 6.61 Å². The summed E-state index contributed by atoms with van der Waals surface area (Å²) in [4.78, 5) is 47.2. The molecule has 0 saturated carbocycles. The highest BCUT2D eigenvalue weighted by Crippen LogP contribution is 2.35. The topological polar surface area (TPSA) is 145 Å². The second kappa shape index (κ2) is 11.1. The number of hydrogen-bond acceptors (Lipinski definition) is 11. The molecule has 2 heterocycles. The van der Waals surface area contributed by atoms with Gasteiger partial charge in [0, 0.05) is 33.3 Å². The summed E-state index contributed by atoms with van der Waals surface area (Å²) in [6, 6.07) is 7.58. The van der Waals surface area contributed by atoms with Crippen LogP contribution in [0.3, 0.4) is 0 Å². The molecule has 1 fully saturated rings. The fourth-order valence-corrected chi connectivity index (χ4v) is 3.68. The molecule has 0 radical (unpaired) electrons. The predicted molar refractivity (Wildman–Crippen MR) is 117 cm³/mol. The molecule has 3 rings (SSSR count). The number of aryl methyl sites for hydroxylation is 1. The molecule has 0 aliphatic carbocycles. The first-order chi connectivity index (χ1) is 16.5. The van der Waals surface area contributed by atoms with Gasteiger partial charge in [0.2, 0.25) is 0 Å². The summed E-state index contributed by atoms with van der Waals surface area (Å²) < 4.78 is 28.7. The van der Waals surface area contributed by atoms with Crippen LogP contribution in [0.15, 0.2) is 30.5 Å². The molecule has 1 aliphatic heterocycles. The Morgan fingerprint density at radius 1 is 0.857 bits per heavy atom. The molecule has 0 amide bonds. The minimum atomic E-state index is -1.29. The number of nitrogens with zero attached hydrogens (tertiary/aromatic N) is 3. The first-order valence-electron chi connectivity index (χ1n) is 10.8. The van der Waals surface area contributed by atoms with Crippen molar-refractivity contribution < 1.29 is 42.9 Å². The number of carbonyl (C=O) groups excluding carboxylic acids is 4. The number of carbonyl (C=O) groups is 4. The molecule has 188 valence electrons. The van der Waals surface area contributed by atoms with E-state index in [2.05, 4.69) is 10.3 Å². The molecule has 12 nitrogen and oxygen atoms in total. The summed E-state index contributed by atoms with van der Waals surface area (Å²) in [5, 5.41) is 8.29. The van der Waals surface area contributed by atoms with Gasteiger partial charge in [0.25, 0.3) is 0 Å². The minimum absolute atomic E-state index is 0.326. The van der Waals surface area contributed by atoms with Crippen LogP contribution in [0, 0.1) is 6.92 Å². The Labute approximate surface area is 201 Å². The Bertz CT molecular complexity index is 1080. The fourth-order valence-electron chi connectivity index (χ4n) is 3.68. The smallest absolute Gasteiger partial charge is 0.303 e. The van der Waals surface area contributed by atoms with Gasteiger partial charge in [-0.2, -0.15) is 0 Å². The van der Waals surface area contributed by atoms with E-state index in [1.807, 2.05) is 31.2 Å². The van der Waals surface area contributed by atoms with Crippen LogP contribution in [0.1, 0.15) is 39.5 Å². The van der Waals surface area contributed by atoms with Crippen molar-refractivity contribution in [2.45, 2.75) is 65.3 Å². The zero-order valence-corrected chi connectivity index (χ0v) is 20.0. The fraction of sp³-hybridized carbons (Fsp3) is 0.478. The SMILES string of the molecule is CC(=O)OCC1OC(n2cc(-c3ccc(C)cc3)nn2)C(OC(C)=O)C(OC(C)=O)C1OC(C)=O. The maximum absolute atomic E-state index is 12.0. The van der Waals surface area contributed by atoms with Crippen molar-refractivity contribution in [3.8, 4) is 11.3 Å². The number of esters is 4. The van der Waals surface area contributed by atoms with Crippen molar-refractivity contribution in [3.05, 3.63) is 36.0 Å². The number of aromatic nitrogens is 3. The molecular weight excluding hydrogens is 462 g/mol. The molecular formula is C23H27N3O9. The standard InChI is InChI=1S/C23H27N3O9/c1-12-6-8-17(9-7-12)18-10-26(25-24-18)23-22(34-16(5)30)21(33-15(4)29)20(32-14(3)28)19(35-23)11-31-13(2)27/h6-10,19-23H,11H2,1-5H3. The summed E-state index contributed by atoms with van der Waals surface area (Å²) in [6.45, 7) is 6.33. The van der Waals surface area contributed by atoms with E-state index in [4.69, 9.17) is 23.7 Å². The molecule has 0 bridgehead atoms. The van der Waals surface area contributed by atoms with Crippen LogP contribution in [-0.2, 0) is 42.9 Å². The van der Waals surface area contributed by atoms with Crippen LogP contribution in [0.4, 0.5) is 0 Å². The van der Waals surface area contributed by atoms with Gasteiger partial charge in [0.15, 0.2) is 24.5 Å². The van der Waals surface area contributed by atoms with Crippen LogP contribution in [0.25, 0.3) is 11.3 Å². The summed E-state index contributed by atoms with van der Waals surface area (Å²) in [5.41, 5.74) is 2.37. The van der Waals surface area contributed by atoms with E-state index >= 15 is 0 Å². The highest BCUT2D eigenvalue weighted by molar-refractivity contribution is 5.68. The monoisotopic (exact) mass is 489 g/mol. The van der Waals surface area contributed by atoms with Gasteiger partial charge < -0.3 is 23.7 Å². The Hall–Kier alpha value is -3.80. The van der Waals surface area contributed by atoms with Crippen molar-refractivity contribution in [3.63, 3.8) is 0 Å². The maximum Gasteiger partial charge on any atom is 0.303 e. The lowest BCUT2D eigenvalue weighted by Gasteiger charge is -2.44. The van der Waals surface area contributed by atoms with E-state index in [0.29, 0.717) is 5.69 Å². The van der Waals surface area contributed by atoms with Gasteiger partial charge >= 0.3 is 23.9 Å². The Kier molecular flexibility index (Phi) is 8.18. The molecule has 1 aromatic heterocycles. The zero-order chi connectivity index (χ0) is 25.7. The summed E-state index contributed by atoms with van der Waals surface area (Å²) in [5.74, 6) is -2.71. The van der Waals surface area contributed by atoms with Crippen LogP contribution in [0.2, 0.25) is 0 Å². The highest BCUT2D eigenvalue weighted by Gasteiger charge is 2.53. The zero-order valence-electron chi connectivity index (χ0n) is 20.0. The van der Waals surface area contributed by atoms with E-state index in [0.717, 1.165) is 25.0 Å². The Morgan fingerprint density at radius 2 is 1.43 bits per heavy atom. The molecule has 35 heavy (non-hydrogen) atoms. The molecule has 1 saturated heterocycles. The lowest BCUT2D eigenvalue weighted by molar-refractivity contribution is -0.270. The molecule has 1 aliphatic rings. The quantitative estimate of drug-likeness (QED) is 0.412. The van der Waals surface area contributed by atoms with E-state index in [1.165, 1.54) is 18.5 Å². The van der Waals surface area contributed by atoms with Crippen LogP contribution in [-0.4, -0.2) is 69.9 Å². The number of hydrogen-bond donors (Lipinski definition) is 0. The van der Waals surface area contributed by atoms with Crippen molar-refractivity contribution in [1.29, 1.82) is 0 Å². The molecule has 0 spiro atoms. The Balaban J connectivity index is 2.03. The normalized spacial score (nSPS) is 23.7. The van der Waals surface area contributed by atoms with Gasteiger partial charge in [-0.25, -0.2) is 4.68 Å². The number of ether oxygens (including phenoxy) is 5. The van der Waals surface area contributed by atoms with E-state index in [9.17, 15) is 19.2 Å². The summed E-state index contributed by atoms with van der Waals surface area (Å²) in [7, 11) is 0. The molecule has 12 heteroatoms. The average molecular weight is 489 g/mol. The van der Waals surface area contributed by atoms with Crippen molar-refractivity contribution in [1.82, 2.24) is 15.0 Å². The van der Waals surface area contributed by atoms with Gasteiger partial charge in [-0.3, -0.25) is 19.2 Å². The third-order valence-electron chi connectivity index (χ3n) is 5.08. The van der Waals surface area contributed by atoms with Crippen LogP contribution < -0.4 is 0 Å². The van der Waals surface area contributed by atoms with E-state index in [1.54, 1.807) is 6.20 Å². The largest absolute Gasteiger partial charge is 0.463 e. The first kappa shape index (κ1) is 25.8. The maximum atomic E-state index is 12.0. The van der Waals surface area contributed by atoms with Gasteiger partial charge in [-0.1, -0.05) is 35.0 Å². The first-order valence-corrected chi connectivity index (χ1v) is 10.8. The van der Waals surface area contributed by atoms with Gasteiger partial charge in [-0.05, 0) is 6.92 Å². The lowest BCUT2D eigenvalue weighted by atomic mass is 9.97. The van der Waals surface area contributed by atoms with Crippen molar-refractivity contribution in [2.24, 2.45) is 0 Å². The number of rotatable bonds is 7.